The van der Waals surface area contributed by atoms with Crippen molar-refractivity contribution in [3.63, 3.8) is 0 Å². The molecule has 4 rings (SSSR count). The molecule has 2 aromatic heterocycles. The first-order valence-electron chi connectivity index (χ1n) is 8.36. The molecule has 0 bridgehead atoms. The molecule has 2 aliphatic rings. The van der Waals surface area contributed by atoms with E-state index in [-0.39, 0.29) is 11.8 Å². The molecule has 5 nitrogen and oxygen atoms in total. The van der Waals surface area contributed by atoms with Crippen LogP contribution >= 0.6 is 0 Å². The minimum atomic E-state index is -0.0201. The topological polar surface area (TPSA) is 49.2 Å². The molecular weight excluding hydrogens is 278 g/mol. The quantitative estimate of drug-likeness (QED) is 0.852. The third kappa shape index (κ3) is 2.42. The van der Waals surface area contributed by atoms with Crippen LogP contribution in [0.5, 0.6) is 0 Å². The molecule has 1 aliphatic carbocycles. The van der Waals surface area contributed by atoms with Gasteiger partial charge >= 0.3 is 0 Å². The van der Waals surface area contributed by atoms with Crippen molar-refractivity contribution in [3.05, 3.63) is 24.3 Å². The number of hydrogen-bond acceptors (Lipinski definition) is 4. The van der Waals surface area contributed by atoms with Gasteiger partial charge in [-0.05, 0) is 44.1 Å². The van der Waals surface area contributed by atoms with E-state index < -0.39 is 0 Å². The average Bonchev–Trinajstić information content (AvgIpc) is 3.27. The fourth-order valence-electron chi connectivity index (χ4n) is 3.36. The summed E-state index contributed by atoms with van der Waals surface area (Å²) in [6, 6.07) is 0. The van der Waals surface area contributed by atoms with Crippen molar-refractivity contribution in [2.75, 3.05) is 13.2 Å². The van der Waals surface area contributed by atoms with Crippen molar-refractivity contribution in [1.29, 1.82) is 0 Å². The van der Waals surface area contributed by atoms with Gasteiger partial charge in [0.2, 0.25) is 0 Å². The number of aryl methyl sites for hydroxylation is 1. The molecular formula is C17H23N3O2. The van der Waals surface area contributed by atoms with E-state index >= 15 is 0 Å². The fourth-order valence-corrected chi connectivity index (χ4v) is 3.36. The van der Waals surface area contributed by atoms with E-state index in [0.29, 0.717) is 6.61 Å². The zero-order valence-corrected chi connectivity index (χ0v) is 13.1. The molecule has 1 aliphatic heterocycles. The Labute approximate surface area is 130 Å². The number of fused-ring (bicyclic) bond motifs is 1. The lowest BCUT2D eigenvalue weighted by Crippen LogP contribution is -2.30. The highest BCUT2D eigenvalue weighted by Gasteiger charge is 2.46. The van der Waals surface area contributed by atoms with Crippen LogP contribution < -0.4 is 0 Å². The van der Waals surface area contributed by atoms with E-state index in [2.05, 4.69) is 27.7 Å². The highest BCUT2D eigenvalue weighted by molar-refractivity contribution is 5.80. The van der Waals surface area contributed by atoms with Crippen molar-refractivity contribution >= 4 is 11.0 Å². The van der Waals surface area contributed by atoms with E-state index in [9.17, 15) is 0 Å². The highest BCUT2D eigenvalue weighted by Crippen LogP contribution is 2.46. The zero-order valence-electron chi connectivity index (χ0n) is 13.1. The van der Waals surface area contributed by atoms with Crippen molar-refractivity contribution in [3.8, 4) is 0 Å². The van der Waals surface area contributed by atoms with Gasteiger partial charge in [-0.25, -0.2) is 9.97 Å². The monoisotopic (exact) mass is 301 g/mol. The lowest BCUT2D eigenvalue weighted by Gasteiger charge is -2.26. The average molecular weight is 301 g/mol. The number of nitrogens with zero attached hydrogens (tertiary/aromatic N) is 3. The predicted molar refractivity (Wildman–Crippen MR) is 83.7 cm³/mol. The van der Waals surface area contributed by atoms with Gasteiger partial charge in [-0.2, -0.15) is 0 Å². The van der Waals surface area contributed by atoms with Gasteiger partial charge in [-0.15, -0.1) is 0 Å². The van der Waals surface area contributed by atoms with Gasteiger partial charge in [0.05, 0.1) is 12.1 Å². The van der Waals surface area contributed by atoms with E-state index in [1.807, 2.05) is 6.20 Å². The molecule has 1 saturated carbocycles. The first-order chi connectivity index (χ1) is 10.8. The van der Waals surface area contributed by atoms with Crippen molar-refractivity contribution in [2.45, 2.75) is 57.3 Å². The lowest BCUT2D eigenvalue weighted by atomic mass is 10.2. The van der Waals surface area contributed by atoms with Crippen LogP contribution in [0.4, 0.5) is 0 Å². The first-order valence-corrected chi connectivity index (χ1v) is 8.36. The Hall–Kier alpha value is -1.46. The summed E-state index contributed by atoms with van der Waals surface area (Å²) in [4.78, 5) is 8.70. The third-order valence-electron chi connectivity index (χ3n) is 4.95. The molecule has 22 heavy (non-hydrogen) atoms. The molecule has 2 aromatic rings. The lowest BCUT2D eigenvalue weighted by molar-refractivity contribution is -0.169. The van der Waals surface area contributed by atoms with Crippen LogP contribution in [0.1, 0.15) is 44.6 Å². The smallest absolute Gasteiger partial charge is 0.157 e. The van der Waals surface area contributed by atoms with Gasteiger partial charge in [-0.1, -0.05) is 6.92 Å². The van der Waals surface area contributed by atoms with E-state index in [4.69, 9.17) is 9.47 Å². The summed E-state index contributed by atoms with van der Waals surface area (Å²) in [6.07, 6.45) is 12.5. The maximum absolute atomic E-state index is 6.07. The summed E-state index contributed by atoms with van der Waals surface area (Å²) >= 11 is 0. The molecule has 118 valence electrons. The summed E-state index contributed by atoms with van der Waals surface area (Å²) in [6.45, 7) is 3.73. The van der Waals surface area contributed by atoms with Crippen molar-refractivity contribution < 1.29 is 9.47 Å². The van der Waals surface area contributed by atoms with Gasteiger partial charge in [0.25, 0.3) is 0 Å². The Morgan fingerprint density at radius 3 is 3.05 bits per heavy atom. The predicted octanol–water partition coefficient (Wildman–Crippen LogP) is 3.03. The van der Waals surface area contributed by atoms with E-state index in [0.717, 1.165) is 44.4 Å². The minimum Gasteiger partial charge on any atom is -0.353 e. The molecule has 0 amide bonds. The Morgan fingerprint density at radius 1 is 1.41 bits per heavy atom. The third-order valence-corrected chi connectivity index (χ3v) is 4.95. The molecule has 1 atom stereocenters. The second-order valence-corrected chi connectivity index (χ2v) is 6.47. The number of aromatic nitrogens is 3. The van der Waals surface area contributed by atoms with Crippen LogP contribution in [-0.4, -0.2) is 34.0 Å². The van der Waals surface area contributed by atoms with Gasteiger partial charge in [-0.3, -0.25) is 0 Å². The van der Waals surface area contributed by atoms with E-state index in [1.165, 1.54) is 17.4 Å². The maximum atomic E-state index is 6.07. The van der Waals surface area contributed by atoms with Crippen molar-refractivity contribution in [1.82, 2.24) is 14.5 Å². The molecule has 0 radical (unpaired) electrons. The molecule has 2 fully saturated rings. The van der Waals surface area contributed by atoms with Crippen LogP contribution in [0.15, 0.2) is 18.7 Å². The number of hydrogen-bond donors (Lipinski definition) is 0. The Morgan fingerprint density at radius 2 is 2.32 bits per heavy atom. The summed E-state index contributed by atoms with van der Waals surface area (Å²) < 4.78 is 14.1. The van der Waals surface area contributed by atoms with Gasteiger partial charge in [0.15, 0.2) is 6.29 Å². The largest absolute Gasteiger partial charge is 0.353 e. The normalized spacial score (nSPS) is 23.8. The number of ether oxygens (including phenoxy) is 2. The Bertz CT molecular complexity index is 657. The zero-order chi connectivity index (χ0) is 15.0. The second kappa shape index (κ2) is 5.63. The van der Waals surface area contributed by atoms with Crippen LogP contribution in [0.25, 0.3) is 11.0 Å². The highest BCUT2D eigenvalue weighted by atomic mass is 16.7. The maximum Gasteiger partial charge on any atom is 0.157 e. The standard InChI is InChI=1S/C17H23N3O2/c1-2-13-10-20(16-14(13)9-18-12-19-16)17(6-7-17)11-22-15-5-3-4-8-21-15/h9-10,12,15H,2-8,11H2,1H3. The van der Waals surface area contributed by atoms with E-state index in [1.54, 1.807) is 6.33 Å². The molecule has 5 heteroatoms. The Kier molecular flexibility index (Phi) is 3.62. The van der Waals surface area contributed by atoms with Crippen LogP contribution in [0.3, 0.4) is 0 Å². The number of rotatable bonds is 5. The molecule has 1 saturated heterocycles. The SMILES string of the molecule is CCc1cn(C2(COC3CCCCO3)CC2)c2ncncc12. The van der Waals surface area contributed by atoms with Gasteiger partial charge in [0.1, 0.15) is 12.0 Å². The first kappa shape index (κ1) is 14.2. The summed E-state index contributed by atoms with van der Waals surface area (Å²) in [5.41, 5.74) is 2.43. The van der Waals surface area contributed by atoms with Gasteiger partial charge in [0, 0.05) is 24.4 Å². The Balaban J connectivity index is 1.58. The molecule has 0 N–H and O–H groups in total. The van der Waals surface area contributed by atoms with Crippen LogP contribution in [-0.2, 0) is 21.4 Å². The summed E-state index contributed by atoms with van der Waals surface area (Å²) in [5.74, 6) is 0. The summed E-state index contributed by atoms with van der Waals surface area (Å²) in [5, 5.41) is 1.17. The van der Waals surface area contributed by atoms with Crippen molar-refractivity contribution in [2.24, 2.45) is 0 Å². The van der Waals surface area contributed by atoms with Gasteiger partial charge < -0.3 is 14.0 Å². The second-order valence-electron chi connectivity index (χ2n) is 6.47. The van der Waals surface area contributed by atoms with Crippen LogP contribution in [0, 0.1) is 0 Å². The minimum absolute atomic E-state index is 0.0201. The molecule has 0 spiro atoms. The molecule has 3 heterocycles. The molecule has 1 unspecified atom stereocenters. The van der Waals surface area contributed by atoms with Crippen LogP contribution in [0.2, 0.25) is 0 Å². The fraction of sp³-hybridized carbons (Fsp3) is 0.647. The molecule has 0 aromatic carbocycles. The summed E-state index contributed by atoms with van der Waals surface area (Å²) in [7, 11) is 0.